The van der Waals surface area contributed by atoms with Crippen molar-refractivity contribution in [1.82, 2.24) is 0 Å². The molecule has 0 aliphatic heterocycles. The first-order valence-electron chi connectivity index (χ1n) is 21.5. The highest BCUT2D eigenvalue weighted by Gasteiger charge is 2.21. The van der Waals surface area contributed by atoms with Crippen molar-refractivity contribution in [1.29, 1.82) is 0 Å². The zero-order valence-corrected chi connectivity index (χ0v) is 25.9. The van der Waals surface area contributed by atoms with Crippen LogP contribution in [0.4, 0.5) is 0 Å². The van der Waals surface area contributed by atoms with E-state index in [1.165, 1.54) is 0 Å². The highest BCUT2D eigenvalue weighted by Crippen LogP contribution is 2.48. The Hall–Kier alpha value is -6.44. The predicted molar refractivity (Wildman–Crippen MR) is 208 cm³/mol. The number of rotatable bonds is 4. The Labute approximate surface area is 299 Å². The van der Waals surface area contributed by atoms with E-state index in [2.05, 4.69) is 0 Å². The fourth-order valence-electron chi connectivity index (χ4n) is 7.19. The molecule has 0 radical (unpaired) electrons. The number of benzene rings is 9. The van der Waals surface area contributed by atoms with Crippen LogP contribution in [0.2, 0.25) is 0 Å². The molecule has 0 bridgehead atoms. The van der Waals surface area contributed by atoms with Gasteiger partial charge >= 0.3 is 0 Å². The number of hydrogen-bond donors (Lipinski definition) is 0. The van der Waals surface area contributed by atoms with E-state index in [1.54, 1.807) is 30.3 Å². The van der Waals surface area contributed by atoms with E-state index in [1.807, 2.05) is 84.9 Å². The maximum atomic E-state index is 9.51. The number of hydrogen-bond acceptors (Lipinski definition) is 1. The van der Waals surface area contributed by atoms with Crippen molar-refractivity contribution in [3.8, 4) is 44.5 Å². The van der Waals surface area contributed by atoms with Crippen LogP contribution in [0.15, 0.2) is 186 Å². The van der Waals surface area contributed by atoms with Crippen LogP contribution in [-0.4, -0.2) is 0 Å². The lowest BCUT2D eigenvalue weighted by Gasteiger charge is -2.20. The van der Waals surface area contributed by atoms with Crippen molar-refractivity contribution in [2.45, 2.75) is 0 Å². The molecule has 49 heavy (non-hydrogen) atoms. The average Bonchev–Trinajstić information content (AvgIpc) is 3.68. The molecule has 1 heteroatoms. The van der Waals surface area contributed by atoms with Crippen LogP contribution in [0.1, 0.15) is 15.1 Å². The number of fused-ring (bicyclic) bond motifs is 6. The van der Waals surface area contributed by atoms with Gasteiger partial charge in [-0.15, -0.1) is 0 Å². The van der Waals surface area contributed by atoms with Crippen LogP contribution in [0.25, 0.3) is 98.8 Å². The minimum Gasteiger partial charge on any atom is -0.456 e. The second-order valence-electron chi connectivity index (χ2n) is 11.9. The van der Waals surface area contributed by atoms with E-state index >= 15 is 0 Å². The molecule has 1 aromatic heterocycles. The molecular weight excluding hydrogens is 593 g/mol. The first-order chi connectivity index (χ1) is 28.9. The molecule has 0 aliphatic rings. The lowest BCUT2D eigenvalue weighted by Crippen LogP contribution is -1.92. The monoisotopic (exact) mass is 633 g/mol. The first-order valence-corrected chi connectivity index (χ1v) is 16.0. The molecule has 1 nitrogen and oxygen atoms in total. The minimum atomic E-state index is -0.463. The van der Waals surface area contributed by atoms with Crippen molar-refractivity contribution in [2.75, 3.05) is 0 Å². The standard InChI is InChI=1S/C48H30O/c1-3-14-31(15-4-1)33-26-27-42-45(30-33)49-44-25-13-24-43(48(42)44)47-39-22-11-9-20-37(39)46(38-21-10-12-23-40(38)47)41-29-28-34(32-16-5-2-6-17-32)35-18-7-8-19-36(35)41/h1-30H/i2D,5D,6D,13D,16D,17D,24D,25D,26D,27D,30D. The Morgan fingerprint density at radius 2 is 0.918 bits per heavy atom. The average molecular weight is 634 g/mol. The lowest BCUT2D eigenvalue weighted by molar-refractivity contribution is 0.669. The molecule has 1 heterocycles. The normalized spacial score (nSPS) is 14.8. The number of furan rings is 1. The summed E-state index contributed by atoms with van der Waals surface area (Å²) < 4.78 is 104. The van der Waals surface area contributed by atoms with Crippen LogP contribution >= 0.6 is 0 Å². The van der Waals surface area contributed by atoms with Crippen molar-refractivity contribution in [3.63, 3.8) is 0 Å². The first kappa shape index (κ1) is 18.8. The summed E-state index contributed by atoms with van der Waals surface area (Å²) in [6.07, 6.45) is 0. The van der Waals surface area contributed by atoms with Gasteiger partial charge in [-0.1, -0.05) is 164 Å². The molecule has 0 aliphatic carbocycles. The van der Waals surface area contributed by atoms with Crippen LogP contribution in [0.5, 0.6) is 0 Å². The summed E-state index contributed by atoms with van der Waals surface area (Å²) in [6.45, 7) is 0. The van der Waals surface area contributed by atoms with E-state index in [9.17, 15) is 4.11 Å². The Morgan fingerprint density at radius 3 is 1.59 bits per heavy atom. The van der Waals surface area contributed by atoms with Gasteiger partial charge in [0.05, 0.1) is 15.1 Å². The van der Waals surface area contributed by atoms with Crippen LogP contribution in [0.3, 0.4) is 0 Å². The van der Waals surface area contributed by atoms with Crippen molar-refractivity contribution in [2.24, 2.45) is 0 Å². The van der Waals surface area contributed by atoms with Gasteiger partial charge < -0.3 is 4.42 Å². The molecule has 9 aromatic carbocycles. The summed E-state index contributed by atoms with van der Waals surface area (Å²) >= 11 is 0. The predicted octanol–water partition coefficient (Wildman–Crippen LogP) is 13.7. The molecule has 0 atom stereocenters. The third kappa shape index (κ3) is 4.33. The Bertz CT molecular complexity index is 3420. The topological polar surface area (TPSA) is 13.1 Å². The summed E-state index contributed by atoms with van der Waals surface area (Å²) in [4.78, 5) is 0. The van der Waals surface area contributed by atoms with Crippen LogP contribution in [-0.2, 0) is 0 Å². The second-order valence-corrected chi connectivity index (χ2v) is 11.9. The summed E-state index contributed by atoms with van der Waals surface area (Å²) in [5, 5.41) is 4.79. The van der Waals surface area contributed by atoms with Crippen molar-refractivity contribution < 1.29 is 19.5 Å². The van der Waals surface area contributed by atoms with Gasteiger partial charge in [0, 0.05) is 10.8 Å². The fourth-order valence-corrected chi connectivity index (χ4v) is 7.19. The van der Waals surface area contributed by atoms with E-state index in [-0.39, 0.29) is 87.0 Å². The van der Waals surface area contributed by atoms with Crippen LogP contribution in [0, 0.1) is 0 Å². The molecule has 0 N–H and O–H groups in total. The Morgan fingerprint density at radius 1 is 0.347 bits per heavy atom. The molecule has 0 saturated carbocycles. The van der Waals surface area contributed by atoms with Gasteiger partial charge in [0.1, 0.15) is 11.2 Å². The molecule has 0 amide bonds. The summed E-state index contributed by atoms with van der Waals surface area (Å²) in [5.41, 5.74) is 3.81. The zero-order chi connectivity index (χ0) is 41.9. The van der Waals surface area contributed by atoms with E-state index in [4.69, 9.17) is 15.4 Å². The Balaban J connectivity index is 1.33. The smallest absolute Gasteiger partial charge is 0.136 e. The van der Waals surface area contributed by atoms with Gasteiger partial charge in [0.15, 0.2) is 0 Å². The van der Waals surface area contributed by atoms with E-state index in [0.717, 1.165) is 27.3 Å². The van der Waals surface area contributed by atoms with Gasteiger partial charge in [-0.2, -0.15) is 0 Å². The zero-order valence-electron chi connectivity index (χ0n) is 36.9. The van der Waals surface area contributed by atoms with Gasteiger partial charge in [-0.3, -0.25) is 0 Å². The van der Waals surface area contributed by atoms with E-state index < -0.39 is 18.1 Å². The highest BCUT2D eigenvalue weighted by molar-refractivity contribution is 6.27. The summed E-state index contributed by atoms with van der Waals surface area (Å²) in [7, 11) is 0. The van der Waals surface area contributed by atoms with Crippen molar-refractivity contribution in [3.05, 3.63) is 182 Å². The molecule has 0 spiro atoms. The maximum Gasteiger partial charge on any atom is 0.136 e. The second kappa shape index (κ2) is 11.1. The molecule has 228 valence electrons. The van der Waals surface area contributed by atoms with Crippen LogP contribution < -0.4 is 0 Å². The summed E-state index contributed by atoms with van der Waals surface area (Å²) in [6, 6.07) is 32.2. The molecule has 10 aromatic rings. The fraction of sp³-hybridized carbons (Fsp3) is 0. The lowest BCUT2D eigenvalue weighted by atomic mass is 9.83. The largest absolute Gasteiger partial charge is 0.456 e. The van der Waals surface area contributed by atoms with Gasteiger partial charge in [-0.05, 0) is 95.0 Å². The third-order valence-corrected chi connectivity index (χ3v) is 9.28. The molecular formula is C48H30O. The highest BCUT2D eigenvalue weighted by atomic mass is 16.3. The molecule has 10 rings (SSSR count). The van der Waals surface area contributed by atoms with Gasteiger partial charge in [-0.25, -0.2) is 0 Å². The van der Waals surface area contributed by atoms with Crippen molar-refractivity contribution >= 4 is 54.3 Å². The van der Waals surface area contributed by atoms with Gasteiger partial charge in [0.25, 0.3) is 0 Å². The quantitative estimate of drug-likeness (QED) is 0.176. The molecule has 0 fully saturated rings. The SMILES string of the molecule is [2H]c1c([2H])c([2H])c(-c2ccc(-c3c4ccccc4c(-c4c([2H])c([2H])c([2H])c5oc6c([2H])c(-c7ccccc7)c([2H])c([2H])c6c45)c4ccccc34)c3ccccc23)c([2H])c1[2H]. The molecule has 0 saturated heterocycles. The Kier molecular flexibility index (Phi) is 4.25. The molecule has 0 unspecified atom stereocenters. The minimum absolute atomic E-state index is 0.000470. The van der Waals surface area contributed by atoms with E-state index in [0.29, 0.717) is 32.8 Å². The van der Waals surface area contributed by atoms with Gasteiger partial charge in [0.2, 0.25) is 0 Å². The third-order valence-electron chi connectivity index (χ3n) is 9.28. The maximum absolute atomic E-state index is 9.51. The summed E-state index contributed by atoms with van der Waals surface area (Å²) in [5.74, 6) is 0.